The lowest BCUT2D eigenvalue weighted by Gasteiger charge is -2.15. The van der Waals surface area contributed by atoms with Gasteiger partial charge in [-0.25, -0.2) is 0 Å². The van der Waals surface area contributed by atoms with E-state index in [1.54, 1.807) is 12.1 Å². The molecular weight excluding hydrogens is 276 g/mol. The minimum absolute atomic E-state index is 0.0841. The van der Waals surface area contributed by atoms with Crippen molar-refractivity contribution in [2.45, 2.75) is 26.8 Å². The van der Waals surface area contributed by atoms with Crippen molar-refractivity contribution in [2.24, 2.45) is 0 Å². The highest BCUT2D eigenvalue weighted by Gasteiger charge is 2.12. The van der Waals surface area contributed by atoms with E-state index in [0.29, 0.717) is 11.3 Å². The van der Waals surface area contributed by atoms with Crippen LogP contribution in [0.5, 0.6) is 0 Å². The predicted molar refractivity (Wildman–Crippen MR) is 87.8 cm³/mol. The maximum absolute atomic E-state index is 12.4. The Morgan fingerprint density at radius 3 is 2.36 bits per heavy atom. The van der Waals surface area contributed by atoms with E-state index in [1.807, 2.05) is 50.2 Å². The van der Waals surface area contributed by atoms with E-state index in [1.165, 1.54) is 6.92 Å². The van der Waals surface area contributed by atoms with Gasteiger partial charge in [-0.2, -0.15) is 0 Å². The van der Waals surface area contributed by atoms with Crippen LogP contribution in [0, 0.1) is 6.92 Å². The molecule has 4 heteroatoms. The molecule has 0 bridgehead atoms. The van der Waals surface area contributed by atoms with Gasteiger partial charge in [0.15, 0.2) is 0 Å². The Morgan fingerprint density at radius 1 is 1.05 bits per heavy atom. The van der Waals surface area contributed by atoms with Crippen LogP contribution in [0.1, 0.15) is 41.4 Å². The van der Waals surface area contributed by atoms with Crippen LogP contribution in [0.2, 0.25) is 0 Å². The number of carbonyl (C=O) groups excluding carboxylic acids is 2. The first-order valence-electron chi connectivity index (χ1n) is 7.21. The molecule has 0 fully saturated rings. The number of benzene rings is 2. The third-order valence-corrected chi connectivity index (χ3v) is 3.46. The average Bonchev–Trinajstić information content (AvgIpc) is 2.49. The molecule has 0 radical (unpaired) electrons. The summed E-state index contributed by atoms with van der Waals surface area (Å²) in [7, 11) is 0. The van der Waals surface area contributed by atoms with Gasteiger partial charge in [0, 0.05) is 18.2 Å². The fourth-order valence-corrected chi connectivity index (χ4v) is 2.19. The Kier molecular flexibility index (Phi) is 4.94. The topological polar surface area (TPSA) is 58.2 Å². The van der Waals surface area contributed by atoms with Crippen LogP contribution in [-0.2, 0) is 4.79 Å². The molecule has 22 heavy (non-hydrogen) atoms. The van der Waals surface area contributed by atoms with Crippen LogP contribution < -0.4 is 10.6 Å². The van der Waals surface area contributed by atoms with Gasteiger partial charge in [-0.05, 0) is 37.1 Å². The number of anilines is 1. The molecule has 0 aliphatic rings. The zero-order valence-electron chi connectivity index (χ0n) is 13.0. The van der Waals surface area contributed by atoms with E-state index in [4.69, 9.17) is 0 Å². The van der Waals surface area contributed by atoms with E-state index in [2.05, 4.69) is 10.6 Å². The number of rotatable bonds is 4. The third kappa shape index (κ3) is 3.95. The number of hydrogen-bond acceptors (Lipinski definition) is 2. The minimum Gasteiger partial charge on any atom is -0.346 e. The molecule has 0 aromatic heterocycles. The van der Waals surface area contributed by atoms with Gasteiger partial charge in [0.1, 0.15) is 0 Å². The fraction of sp³-hybridized carbons (Fsp3) is 0.222. The Morgan fingerprint density at radius 2 is 1.73 bits per heavy atom. The normalized spacial score (nSPS) is 11.6. The predicted octanol–water partition coefficient (Wildman–Crippen LogP) is 3.44. The van der Waals surface area contributed by atoms with Crippen molar-refractivity contribution in [1.82, 2.24) is 5.32 Å². The van der Waals surface area contributed by atoms with Gasteiger partial charge in [0.05, 0.1) is 6.04 Å². The smallest absolute Gasteiger partial charge is 0.251 e. The SMILES string of the molecule is CC(=O)Nc1cc(C(=O)N[C@@H](C)c2ccccc2)ccc1C. The highest BCUT2D eigenvalue weighted by Crippen LogP contribution is 2.18. The number of carbonyl (C=O) groups is 2. The molecule has 2 aromatic carbocycles. The maximum Gasteiger partial charge on any atom is 0.251 e. The summed E-state index contributed by atoms with van der Waals surface area (Å²) in [4.78, 5) is 23.6. The highest BCUT2D eigenvalue weighted by atomic mass is 16.2. The van der Waals surface area contributed by atoms with Gasteiger partial charge in [-0.3, -0.25) is 9.59 Å². The van der Waals surface area contributed by atoms with E-state index in [-0.39, 0.29) is 17.9 Å². The Hall–Kier alpha value is -2.62. The van der Waals surface area contributed by atoms with Crippen LogP contribution in [0.3, 0.4) is 0 Å². The average molecular weight is 296 g/mol. The van der Waals surface area contributed by atoms with Crippen molar-refractivity contribution in [3.8, 4) is 0 Å². The first-order chi connectivity index (χ1) is 10.5. The monoisotopic (exact) mass is 296 g/mol. The van der Waals surface area contributed by atoms with Crippen molar-refractivity contribution in [2.75, 3.05) is 5.32 Å². The Balaban J connectivity index is 2.14. The van der Waals surface area contributed by atoms with Crippen LogP contribution in [0.25, 0.3) is 0 Å². The van der Waals surface area contributed by atoms with Crippen LogP contribution in [-0.4, -0.2) is 11.8 Å². The quantitative estimate of drug-likeness (QED) is 0.908. The van der Waals surface area contributed by atoms with E-state index in [0.717, 1.165) is 11.1 Å². The minimum atomic E-state index is -0.164. The summed E-state index contributed by atoms with van der Waals surface area (Å²) >= 11 is 0. The van der Waals surface area contributed by atoms with Crippen molar-refractivity contribution in [1.29, 1.82) is 0 Å². The van der Waals surface area contributed by atoms with E-state index >= 15 is 0 Å². The number of nitrogens with one attached hydrogen (secondary N) is 2. The summed E-state index contributed by atoms with van der Waals surface area (Å²) < 4.78 is 0. The Labute approximate surface area is 130 Å². The molecule has 2 rings (SSSR count). The summed E-state index contributed by atoms with van der Waals surface area (Å²) in [5.74, 6) is -0.318. The number of hydrogen-bond donors (Lipinski definition) is 2. The van der Waals surface area contributed by atoms with Crippen LogP contribution in [0.15, 0.2) is 48.5 Å². The van der Waals surface area contributed by atoms with Gasteiger partial charge < -0.3 is 10.6 Å². The first kappa shape index (κ1) is 15.8. The van der Waals surface area contributed by atoms with Crippen molar-refractivity contribution >= 4 is 17.5 Å². The molecule has 0 spiro atoms. The first-order valence-corrected chi connectivity index (χ1v) is 7.21. The lowest BCUT2D eigenvalue weighted by Crippen LogP contribution is -2.26. The van der Waals surface area contributed by atoms with Gasteiger partial charge >= 0.3 is 0 Å². The molecule has 0 aliphatic carbocycles. The zero-order chi connectivity index (χ0) is 16.1. The molecule has 0 saturated heterocycles. The summed E-state index contributed by atoms with van der Waals surface area (Å²) in [5.41, 5.74) is 3.15. The maximum atomic E-state index is 12.4. The lowest BCUT2D eigenvalue weighted by molar-refractivity contribution is -0.114. The van der Waals surface area contributed by atoms with Gasteiger partial charge in [0.2, 0.25) is 5.91 Å². The molecule has 0 heterocycles. The summed E-state index contributed by atoms with van der Waals surface area (Å²) in [6.45, 7) is 5.28. The van der Waals surface area contributed by atoms with Crippen LogP contribution >= 0.6 is 0 Å². The second kappa shape index (κ2) is 6.89. The van der Waals surface area contributed by atoms with Crippen molar-refractivity contribution in [3.63, 3.8) is 0 Å². The zero-order valence-corrected chi connectivity index (χ0v) is 13.0. The Bertz CT molecular complexity index is 681. The number of amides is 2. The molecule has 0 unspecified atom stereocenters. The molecule has 114 valence electrons. The molecule has 0 aliphatic heterocycles. The molecule has 4 nitrogen and oxygen atoms in total. The van der Waals surface area contributed by atoms with Crippen molar-refractivity contribution in [3.05, 3.63) is 65.2 Å². The van der Waals surface area contributed by atoms with Gasteiger partial charge in [-0.15, -0.1) is 0 Å². The molecular formula is C18H20N2O2. The largest absolute Gasteiger partial charge is 0.346 e. The van der Waals surface area contributed by atoms with Gasteiger partial charge in [-0.1, -0.05) is 36.4 Å². The lowest BCUT2D eigenvalue weighted by atomic mass is 10.1. The highest BCUT2D eigenvalue weighted by molar-refractivity contribution is 5.97. The molecule has 2 N–H and O–H groups in total. The number of aryl methyl sites for hydroxylation is 1. The molecule has 1 atom stereocenters. The molecule has 2 aromatic rings. The fourth-order valence-electron chi connectivity index (χ4n) is 2.19. The van der Waals surface area contributed by atoms with E-state index < -0.39 is 0 Å². The summed E-state index contributed by atoms with van der Waals surface area (Å²) in [6.07, 6.45) is 0. The third-order valence-electron chi connectivity index (χ3n) is 3.46. The summed E-state index contributed by atoms with van der Waals surface area (Å²) in [5, 5.41) is 5.70. The molecule has 0 saturated carbocycles. The van der Waals surface area contributed by atoms with Gasteiger partial charge in [0.25, 0.3) is 5.91 Å². The van der Waals surface area contributed by atoms with Crippen LogP contribution in [0.4, 0.5) is 5.69 Å². The standard InChI is InChI=1S/C18H20N2O2/c1-12-9-10-16(11-17(12)20-14(3)21)18(22)19-13(2)15-7-5-4-6-8-15/h4-11,13H,1-3H3,(H,19,22)(H,20,21)/t13-/m0/s1. The van der Waals surface area contributed by atoms with Crippen molar-refractivity contribution < 1.29 is 9.59 Å². The second-order valence-corrected chi connectivity index (χ2v) is 5.32. The molecule has 2 amide bonds. The summed E-state index contributed by atoms with van der Waals surface area (Å²) in [6, 6.07) is 15.0. The van der Waals surface area contributed by atoms with E-state index in [9.17, 15) is 9.59 Å². The second-order valence-electron chi connectivity index (χ2n) is 5.32.